The molecule has 0 aliphatic carbocycles. The highest BCUT2D eigenvalue weighted by Gasteiger charge is 2.31. The number of esters is 1. The third-order valence-electron chi connectivity index (χ3n) is 5.55. The van der Waals surface area contributed by atoms with Crippen molar-refractivity contribution >= 4 is 34.9 Å². The molecule has 10 heteroatoms. The van der Waals surface area contributed by atoms with Crippen LogP contribution in [0.1, 0.15) is 6.42 Å². The van der Waals surface area contributed by atoms with Gasteiger partial charge in [0.25, 0.3) is 0 Å². The van der Waals surface area contributed by atoms with E-state index < -0.39 is 4.92 Å². The molecule has 1 aromatic heterocycles. The average molecular weight is 461 g/mol. The van der Waals surface area contributed by atoms with Crippen LogP contribution >= 0.6 is 0 Å². The maximum atomic E-state index is 12.5. The van der Waals surface area contributed by atoms with Gasteiger partial charge in [-0.1, -0.05) is 30.3 Å². The van der Waals surface area contributed by atoms with Crippen molar-refractivity contribution in [1.82, 2.24) is 9.88 Å². The van der Waals surface area contributed by atoms with Gasteiger partial charge in [0.15, 0.2) is 0 Å². The maximum absolute atomic E-state index is 12.5. The van der Waals surface area contributed by atoms with Gasteiger partial charge in [-0.2, -0.15) is 0 Å². The first-order valence-corrected chi connectivity index (χ1v) is 10.7. The van der Waals surface area contributed by atoms with Crippen molar-refractivity contribution in [1.29, 1.82) is 0 Å². The molecular formula is C24H23N5O5. The monoisotopic (exact) mass is 461 g/mol. The summed E-state index contributed by atoms with van der Waals surface area (Å²) in [6, 6.07) is 18.9. The van der Waals surface area contributed by atoms with Crippen LogP contribution in [0, 0.1) is 16.0 Å². The largest absolute Gasteiger partial charge is 0.469 e. The molecule has 2 aromatic carbocycles. The number of urea groups is 1. The minimum absolute atomic E-state index is 0.119. The van der Waals surface area contributed by atoms with Crippen LogP contribution in [-0.2, 0) is 9.53 Å². The molecular weight excluding hydrogens is 438 g/mol. The highest BCUT2D eigenvalue weighted by molar-refractivity contribution is 5.90. The molecule has 0 saturated carbocycles. The summed E-state index contributed by atoms with van der Waals surface area (Å²) in [5.41, 5.74) is 2.43. The topological polar surface area (TPSA) is 127 Å². The predicted octanol–water partition coefficient (Wildman–Crippen LogP) is 4.43. The number of amides is 2. The molecule has 1 aliphatic heterocycles. The molecule has 34 heavy (non-hydrogen) atoms. The second-order valence-corrected chi connectivity index (χ2v) is 7.77. The van der Waals surface area contributed by atoms with Crippen LogP contribution in [0.25, 0.3) is 11.3 Å². The molecule has 1 atom stereocenters. The Labute approximate surface area is 195 Å². The number of likely N-dealkylation sites (tertiary alicyclic amines) is 1. The molecule has 1 aliphatic rings. The predicted molar refractivity (Wildman–Crippen MR) is 127 cm³/mol. The van der Waals surface area contributed by atoms with E-state index in [9.17, 15) is 19.7 Å². The van der Waals surface area contributed by atoms with Gasteiger partial charge in [0.05, 0.1) is 23.6 Å². The summed E-state index contributed by atoms with van der Waals surface area (Å²) in [6.45, 7) is 0.781. The molecule has 0 spiro atoms. The van der Waals surface area contributed by atoms with Crippen LogP contribution in [0.4, 0.5) is 27.7 Å². The number of nitrogens with one attached hydrogen (secondary N) is 2. The minimum atomic E-state index is -0.490. The number of hydrogen-bond acceptors (Lipinski definition) is 7. The molecule has 1 fully saturated rings. The number of carbonyl (C=O) groups excluding carboxylic acids is 2. The van der Waals surface area contributed by atoms with Crippen molar-refractivity contribution in [3.05, 3.63) is 76.8 Å². The zero-order valence-electron chi connectivity index (χ0n) is 18.4. The van der Waals surface area contributed by atoms with E-state index in [2.05, 4.69) is 15.6 Å². The van der Waals surface area contributed by atoms with E-state index in [0.29, 0.717) is 36.6 Å². The Hall–Kier alpha value is -4.47. The highest BCUT2D eigenvalue weighted by Crippen LogP contribution is 2.30. The number of methoxy groups -OCH3 is 1. The number of rotatable bonds is 6. The first kappa shape index (κ1) is 22.7. The normalized spacial score (nSPS) is 15.0. The lowest BCUT2D eigenvalue weighted by molar-refractivity contribution is -0.384. The third kappa shape index (κ3) is 5.12. The van der Waals surface area contributed by atoms with Crippen molar-refractivity contribution in [2.45, 2.75) is 6.42 Å². The third-order valence-corrected chi connectivity index (χ3v) is 5.55. The van der Waals surface area contributed by atoms with Gasteiger partial charge in [-0.3, -0.25) is 14.9 Å². The number of hydrogen-bond donors (Lipinski definition) is 2. The van der Waals surface area contributed by atoms with Gasteiger partial charge >= 0.3 is 17.7 Å². The molecule has 3 aromatic rings. The molecule has 0 radical (unpaired) electrons. The molecule has 2 amide bonds. The summed E-state index contributed by atoms with van der Waals surface area (Å²) < 4.78 is 4.75. The van der Waals surface area contributed by atoms with Gasteiger partial charge < -0.3 is 20.3 Å². The smallest absolute Gasteiger partial charge is 0.321 e. The van der Waals surface area contributed by atoms with Crippen LogP contribution in [-0.4, -0.2) is 47.0 Å². The van der Waals surface area contributed by atoms with E-state index in [4.69, 9.17) is 4.74 Å². The van der Waals surface area contributed by atoms with Crippen LogP contribution in [0.3, 0.4) is 0 Å². The second-order valence-electron chi connectivity index (χ2n) is 7.77. The zero-order valence-corrected chi connectivity index (χ0v) is 18.4. The van der Waals surface area contributed by atoms with E-state index in [1.807, 2.05) is 30.3 Å². The minimum Gasteiger partial charge on any atom is -0.469 e. The number of ether oxygens (including phenoxy) is 1. The summed E-state index contributed by atoms with van der Waals surface area (Å²) >= 11 is 0. The fourth-order valence-corrected chi connectivity index (χ4v) is 3.74. The van der Waals surface area contributed by atoms with Crippen molar-refractivity contribution < 1.29 is 19.2 Å². The number of nitro groups is 1. The lowest BCUT2D eigenvalue weighted by Gasteiger charge is -2.17. The van der Waals surface area contributed by atoms with Crippen LogP contribution in [0.15, 0.2) is 66.7 Å². The second kappa shape index (κ2) is 9.99. The molecule has 1 unspecified atom stereocenters. The molecule has 1 saturated heterocycles. The standard InChI is InChI=1S/C24H23N5O5/c1-34-23(30)17-13-14-28(15-17)24(31)26-19-9-7-18(8-10-19)25-22-21(29(32)33)12-11-20(27-22)16-5-3-2-4-6-16/h2-12,17H,13-15H2,1H3,(H,25,27)(H,26,31). The summed E-state index contributed by atoms with van der Waals surface area (Å²) in [5, 5.41) is 17.3. The van der Waals surface area contributed by atoms with Gasteiger partial charge in [0, 0.05) is 36.1 Å². The Bertz CT molecular complexity index is 1200. The highest BCUT2D eigenvalue weighted by atomic mass is 16.6. The molecule has 10 nitrogen and oxygen atoms in total. The summed E-state index contributed by atoms with van der Waals surface area (Å²) in [6.07, 6.45) is 0.566. The molecule has 2 N–H and O–H groups in total. The first-order chi connectivity index (χ1) is 16.4. The van der Waals surface area contributed by atoms with Gasteiger partial charge in [-0.05, 0) is 36.8 Å². The lowest BCUT2D eigenvalue weighted by atomic mass is 10.1. The SMILES string of the molecule is COC(=O)C1CCN(C(=O)Nc2ccc(Nc3nc(-c4ccccc4)ccc3[N+](=O)[O-])cc2)C1. The molecule has 0 bridgehead atoms. The van der Waals surface area contributed by atoms with Crippen LogP contribution < -0.4 is 10.6 Å². The van der Waals surface area contributed by atoms with Gasteiger partial charge in [-0.15, -0.1) is 0 Å². The number of nitrogens with zero attached hydrogens (tertiary/aromatic N) is 3. The van der Waals surface area contributed by atoms with Crippen molar-refractivity contribution in [3.63, 3.8) is 0 Å². The van der Waals surface area contributed by atoms with Crippen LogP contribution in [0.2, 0.25) is 0 Å². The number of benzene rings is 2. The zero-order chi connectivity index (χ0) is 24.1. The Morgan fingerprint density at radius 3 is 2.44 bits per heavy atom. The van der Waals surface area contributed by atoms with E-state index in [0.717, 1.165) is 5.56 Å². The Kier molecular flexibility index (Phi) is 6.67. The summed E-state index contributed by atoms with van der Waals surface area (Å²) in [5.74, 6) is -0.504. The molecule has 4 rings (SSSR count). The van der Waals surface area contributed by atoms with Crippen molar-refractivity contribution in [2.24, 2.45) is 5.92 Å². The maximum Gasteiger partial charge on any atom is 0.321 e. The number of aromatic nitrogens is 1. The van der Waals surface area contributed by atoms with E-state index in [1.54, 1.807) is 35.2 Å². The van der Waals surface area contributed by atoms with Gasteiger partial charge in [0.1, 0.15) is 0 Å². The molecule has 2 heterocycles. The van der Waals surface area contributed by atoms with Crippen molar-refractivity contribution in [3.8, 4) is 11.3 Å². The number of carbonyl (C=O) groups is 2. The van der Waals surface area contributed by atoms with E-state index in [-0.39, 0.29) is 29.4 Å². The Morgan fingerprint density at radius 2 is 1.76 bits per heavy atom. The van der Waals surface area contributed by atoms with Gasteiger partial charge in [-0.25, -0.2) is 9.78 Å². The Morgan fingerprint density at radius 1 is 1.06 bits per heavy atom. The van der Waals surface area contributed by atoms with Crippen molar-refractivity contribution in [2.75, 3.05) is 30.8 Å². The number of pyridine rings is 1. The number of anilines is 3. The first-order valence-electron chi connectivity index (χ1n) is 10.7. The van der Waals surface area contributed by atoms with Crippen LogP contribution in [0.5, 0.6) is 0 Å². The quantitative estimate of drug-likeness (QED) is 0.316. The summed E-state index contributed by atoms with van der Waals surface area (Å²) in [7, 11) is 1.34. The fraction of sp³-hybridized carbons (Fsp3) is 0.208. The summed E-state index contributed by atoms with van der Waals surface area (Å²) in [4.78, 5) is 41.2. The lowest BCUT2D eigenvalue weighted by Crippen LogP contribution is -2.33. The molecule has 174 valence electrons. The average Bonchev–Trinajstić information content (AvgIpc) is 3.36. The van der Waals surface area contributed by atoms with Gasteiger partial charge in [0.2, 0.25) is 5.82 Å². The fourth-order valence-electron chi connectivity index (χ4n) is 3.74. The van der Waals surface area contributed by atoms with E-state index in [1.165, 1.54) is 13.2 Å². The van der Waals surface area contributed by atoms with E-state index >= 15 is 0 Å². The Balaban J connectivity index is 1.45.